The van der Waals surface area contributed by atoms with Gasteiger partial charge in [0.1, 0.15) is 11.7 Å². The summed E-state index contributed by atoms with van der Waals surface area (Å²) < 4.78 is 11.6. The first-order chi connectivity index (χ1) is 18.4. The number of fused-ring (bicyclic) bond motifs is 1. The Morgan fingerprint density at radius 3 is 2.54 bits per heavy atom. The SMILES string of the molecule is CC(C)(C)OC(=O)N1CC2OC(CC(=O)Nc3ccc([N+](=O)[O-])cc3)C(=O)N(CCc3cccc(Cl)c3)C2C1. The predicted molar refractivity (Wildman–Crippen MR) is 143 cm³/mol. The van der Waals surface area contributed by atoms with Crippen molar-refractivity contribution in [3.05, 3.63) is 69.2 Å². The number of nitrogens with zero attached hydrogens (tertiary/aromatic N) is 3. The summed E-state index contributed by atoms with van der Waals surface area (Å²) in [5.74, 6) is -0.819. The lowest BCUT2D eigenvalue weighted by molar-refractivity contribution is -0.384. The van der Waals surface area contributed by atoms with E-state index in [4.69, 9.17) is 21.1 Å². The highest BCUT2D eigenvalue weighted by molar-refractivity contribution is 6.30. The van der Waals surface area contributed by atoms with Gasteiger partial charge in [-0.3, -0.25) is 19.7 Å². The number of nitro groups is 1. The van der Waals surface area contributed by atoms with Crippen molar-refractivity contribution < 1.29 is 28.8 Å². The Balaban J connectivity index is 1.48. The van der Waals surface area contributed by atoms with Crippen molar-refractivity contribution in [1.29, 1.82) is 0 Å². The standard InChI is InChI=1S/C27H31ClN4O7/c1-27(2,3)39-26(35)30-15-21-23(16-30)38-22(14-24(33)29-19-7-9-20(10-8-19)32(36)37)25(34)31(21)12-11-17-5-4-6-18(28)13-17/h4-10,13,21-23H,11-12,14-16H2,1-3H3,(H,29,33). The van der Waals surface area contributed by atoms with Crippen LogP contribution in [-0.2, 0) is 25.5 Å². The summed E-state index contributed by atoms with van der Waals surface area (Å²) in [6.45, 7) is 6.18. The van der Waals surface area contributed by atoms with Crippen molar-refractivity contribution >= 4 is 40.9 Å². The quantitative estimate of drug-likeness (QED) is 0.401. The van der Waals surface area contributed by atoms with Gasteiger partial charge in [-0.25, -0.2) is 4.79 Å². The topological polar surface area (TPSA) is 131 Å². The molecule has 2 aromatic rings. The Labute approximate surface area is 231 Å². The number of nitro benzene ring substituents is 1. The third-order valence-corrected chi connectivity index (χ3v) is 6.68. The molecule has 12 heteroatoms. The summed E-state index contributed by atoms with van der Waals surface area (Å²) in [6, 6.07) is 12.4. The van der Waals surface area contributed by atoms with Gasteiger partial charge < -0.3 is 24.6 Å². The molecule has 0 radical (unpaired) electrons. The molecule has 208 valence electrons. The van der Waals surface area contributed by atoms with Crippen LogP contribution in [0.3, 0.4) is 0 Å². The van der Waals surface area contributed by atoms with Gasteiger partial charge in [0.25, 0.3) is 11.6 Å². The lowest BCUT2D eigenvalue weighted by Gasteiger charge is -2.40. The molecule has 0 aliphatic carbocycles. The third kappa shape index (κ3) is 7.24. The normalized spacial score (nSPS) is 20.9. The zero-order valence-electron chi connectivity index (χ0n) is 22.0. The number of benzene rings is 2. The van der Waals surface area contributed by atoms with Gasteiger partial charge in [-0.2, -0.15) is 0 Å². The molecule has 0 bridgehead atoms. The highest BCUT2D eigenvalue weighted by Gasteiger charge is 2.49. The van der Waals surface area contributed by atoms with Gasteiger partial charge in [0.05, 0.1) is 30.0 Å². The predicted octanol–water partition coefficient (Wildman–Crippen LogP) is 4.03. The monoisotopic (exact) mass is 558 g/mol. The molecule has 3 unspecified atom stereocenters. The van der Waals surface area contributed by atoms with Crippen molar-refractivity contribution in [2.45, 2.75) is 57.5 Å². The minimum atomic E-state index is -1.05. The fraction of sp³-hybridized carbons (Fsp3) is 0.444. The molecule has 0 saturated carbocycles. The molecule has 1 N–H and O–H groups in total. The summed E-state index contributed by atoms with van der Waals surface area (Å²) in [5.41, 5.74) is 0.539. The molecular formula is C27H31ClN4O7. The van der Waals surface area contributed by atoms with Crippen molar-refractivity contribution in [3.8, 4) is 0 Å². The highest BCUT2D eigenvalue weighted by atomic mass is 35.5. The number of amides is 3. The second kappa shape index (κ2) is 11.6. The fourth-order valence-electron chi connectivity index (χ4n) is 4.68. The lowest BCUT2D eigenvalue weighted by Crippen LogP contribution is -2.59. The maximum absolute atomic E-state index is 13.6. The van der Waals surface area contributed by atoms with Crippen LogP contribution in [-0.4, -0.2) is 76.1 Å². The zero-order valence-corrected chi connectivity index (χ0v) is 22.7. The van der Waals surface area contributed by atoms with E-state index in [1.54, 1.807) is 31.7 Å². The minimum absolute atomic E-state index is 0.101. The van der Waals surface area contributed by atoms with E-state index in [0.29, 0.717) is 23.7 Å². The number of morpholine rings is 1. The maximum atomic E-state index is 13.6. The van der Waals surface area contributed by atoms with Crippen LogP contribution in [0.2, 0.25) is 5.02 Å². The molecule has 4 rings (SSSR count). The molecule has 3 amide bonds. The maximum Gasteiger partial charge on any atom is 0.410 e. The third-order valence-electron chi connectivity index (χ3n) is 6.45. The highest BCUT2D eigenvalue weighted by Crippen LogP contribution is 2.29. The van der Waals surface area contributed by atoms with Crippen LogP contribution in [0.1, 0.15) is 32.8 Å². The molecule has 39 heavy (non-hydrogen) atoms. The number of rotatable bonds is 7. The van der Waals surface area contributed by atoms with Crippen molar-refractivity contribution in [1.82, 2.24) is 9.80 Å². The number of nitrogens with one attached hydrogen (secondary N) is 1. The van der Waals surface area contributed by atoms with Gasteiger partial charge in [0, 0.05) is 35.9 Å². The Morgan fingerprint density at radius 1 is 1.18 bits per heavy atom. The minimum Gasteiger partial charge on any atom is -0.444 e. The summed E-state index contributed by atoms with van der Waals surface area (Å²) in [7, 11) is 0. The van der Waals surface area contributed by atoms with E-state index < -0.39 is 40.8 Å². The Kier molecular flexibility index (Phi) is 8.41. The molecule has 2 heterocycles. The smallest absolute Gasteiger partial charge is 0.410 e. The van der Waals surface area contributed by atoms with Crippen LogP contribution in [0.5, 0.6) is 0 Å². The largest absolute Gasteiger partial charge is 0.444 e. The van der Waals surface area contributed by atoms with E-state index in [0.717, 1.165) is 5.56 Å². The van der Waals surface area contributed by atoms with Gasteiger partial charge >= 0.3 is 6.09 Å². The summed E-state index contributed by atoms with van der Waals surface area (Å²) in [4.78, 5) is 52.7. The Morgan fingerprint density at radius 2 is 1.90 bits per heavy atom. The molecule has 2 aliphatic heterocycles. The van der Waals surface area contributed by atoms with Gasteiger partial charge in [-0.1, -0.05) is 23.7 Å². The van der Waals surface area contributed by atoms with E-state index in [2.05, 4.69) is 5.32 Å². The van der Waals surface area contributed by atoms with E-state index >= 15 is 0 Å². The second-order valence-electron chi connectivity index (χ2n) is 10.6. The Bertz CT molecular complexity index is 1250. The number of halogens is 1. The van der Waals surface area contributed by atoms with Crippen LogP contribution in [0.15, 0.2) is 48.5 Å². The summed E-state index contributed by atoms with van der Waals surface area (Å²) >= 11 is 6.13. The number of non-ortho nitro benzene ring substituents is 1. The molecule has 0 aromatic heterocycles. The van der Waals surface area contributed by atoms with Gasteiger partial charge in [-0.15, -0.1) is 0 Å². The van der Waals surface area contributed by atoms with Crippen molar-refractivity contribution in [3.63, 3.8) is 0 Å². The molecule has 3 atom stereocenters. The Hall–Kier alpha value is -3.70. The first kappa shape index (κ1) is 28.3. The number of carbonyl (C=O) groups is 3. The first-order valence-electron chi connectivity index (χ1n) is 12.6. The number of ether oxygens (including phenoxy) is 2. The van der Waals surface area contributed by atoms with E-state index in [-0.39, 0.29) is 31.1 Å². The summed E-state index contributed by atoms with van der Waals surface area (Å²) in [5, 5.41) is 14.1. The number of carbonyl (C=O) groups excluding carboxylic acids is 3. The molecule has 2 saturated heterocycles. The number of anilines is 1. The summed E-state index contributed by atoms with van der Waals surface area (Å²) in [6.07, 6.45) is -1.76. The number of hydrogen-bond donors (Lipinski definition) is 1. The van der Waals surface area contributed by atoms with Crippen LogP contribution < -0.4 is 5.32 Å². The average molecular weight is 559 g/mol. The van der Waals surface area contributed by atoms with Crippen molar-refractivity contribution in [2.75, 3.05) is 25.0 Å². The van der Waals surface area contributed by atoms with Crippen LogP contribution in [0.25, 0.3) is 0 Å². The molecule has 11 nitrogen and oxygen atoms in total. The van der Waals surface area contributed by atoms with Crippen molar-refractivity contribution in [2.24, 2.45) is 0 Å². The van der Waals surface area contributed by atoms with E-state index in [1.807, 2.05) is 18.2 Å². The van der Waals surface area contributed by atoms with E-state index in [1.165, 1.54) is 29.2 Å². The van der Waals surface area contributed by atoms with Crippen LogP contribution >= 0.6 is 11.6 Å². The fourth-order valence-corrected chi connectivity index (χ4v) is 4.90. The zero-order chi connectivity index (χ0) is 28.3. The van der Waals surface area contributed by atoms with E-state index in [9.17, 15) is 24.5 Å². The molecule has 2 aromatic carbocycles. The molecular weight excluding hydrogens is 528 g/mol. The molecule has 2 aliphatic rings. The second-order valence-corrected chi connectivity index (χ2v) is 11.0. The van der Waals surface area contributed by atoms with Gasteiger partial charge in [0.2, 0.25) is 5.91 Å². The van der Waals surface area contributed by atoms with Crippen LogP contribution in [0, 0.1) is 10.1 Å². The van der Waals surface area contributed by atoms with Gasteiger partial charge in [0.15, 0.2) is 0 Å². The number of hydrogen-bond acceptors (Lipinski definition) is 7. The molecule has 2 fully saturated rings. The molecule has 0 spiro atoms. The first-order valence-corrected chi connectivity index (χ1v) is 13.0. The lowest BCUT2D eigenvalue weighted by atomic mass is 10.0. The van der Waals surface area contributed by atoms with Crippen LogP contribution in [0.4, 0.5) is 16.2 Å². The van der Waals surface area contributed by atoms with Gasteiger partial charge in [-0.05, 0) is 57.0 Å². The number of likely N-dealkylation sites (tertiary alicyclic amines) is 1. The average Bonchev–Trinajstić information content (AvgIpc) is 3.27.